The number of carbonyl (C=O) groups is 2. The van der Waals surface area contributed by atoms with Gasteiger partial charge in [0.05, 0.1) is 17.7 Å². The minimum atomic E-state index is -0.161. The third-order valence-electron chi connectivity index (χ3n) is 4.00. The molecule has 0 aliphatic rings. The number of thiazole rings is 1. The number of hydrogen-bond donors (Lipinski definition) is 2. The lowest BCUT2D eigenvalue weighted by Crippen LogP contribution is -2.25. The van der Waals surface area contributed by atoms with Crippen molar-refractivity contribution < 1.29 is 14.3 Å². The Morgan fingerprint density at radius 1 is 1.14 bits per heavy atom. The fraction of sp³-hybridized carbons (Fsp3) is 0.250. The molecule has 0 fully saturated rings. The minimum Gasteiger partial charge on any atom is -0.497 e. The van der Waals surface area contributed by atoms with Crippen LogP contribution in [0.3, 0.4) is 0 Å². The molecule has 0 radical (unpaired) electrons. The Balaban J connectivity index is 1.38. The van der Waals surface area contributed by atoms with Crippen molar-refractivity contribution in [2.24, 2.45) is 0 Å². The predicted octanol–water partition coefficient (Wildman–Crippen LogP) is 3.76. The second kappa shape index (κ2) is 10.0. The monoisotopic (exact) mass is 415 g/mol. The van der Waals surface area contributed by atoms with E-state index in [1.54, 1.807) is 13.2 Å². The quantitative estimate of drug-likeness (QED) is 0.558. The highest BCUT2D eigenvalue weighted by atomic mass is 32.1. The molecule has 0 saturated carbocycles. The SMILES string of the molecule is COc1cccc(CCNC(=O)CCc2csc(NC(=O)c3cccs3)n2)c1. The van der Waals surface area contributed by atoms with Crippen LogP contribution in [0.15, 0.2) is 47.2 Å². The summed E-state index contributed by atoms with van der Waals surface area (Å²) in [4.78, 5) is 29.1. The van der Waals surface area contributed by atoms with E-state index in [0.29, 0.717) is 29.4 Å². The number of benzene rings is 1. The number of nitrogens with one attached hydrogen (secondary N) is 2. The molecule has 0 unspecified atom stereocenters. The van der Waals surface area contributed by atoms with Crippen molar-refractivity contribution in [1.29, 1.82) is 0 Å². The van der Waals surface area contributed by atoms with Crippen LogP contribution >= 0.6 is 22.7 Å². The molecule has 2 amide bonds. The summed E-state index contributed by atoms with van der Waals surface area (Å²) in [5.74, 6) is 0.639. The number of anilines is 1. The average molecular weight is 416 g/mol. The third-order valence-corrected chi connectivity index (χ3v) is 5.67. The first-order valence-electron chi connectivity index (χ1n) is 8.83. The van der Waals surface area contributed by atoms with Gasteiger partial charge in [-0.25, -0.2) is 4.98 Å². The predicted molar refractivity (Wildman–Crippen MR) is 112 cm³/mol. The van der Waals surface area contributed by atoms with Gasteiger partial charge < -0.3 is 10.1 Å². The number of methoxy groups -OCH3 is 1. The zero-order chi connectivity index (χ0) is 19.8. The average Bonchev–Trinajstić information content (AvgIpc) is 3.39. The Morgan fingerprint density at radius 3 is 2.82 bits per heavy atom. The normalized spacial score (nSPS) is 10.5. The molecule has 3 aromatic rings. The smallest absolute Gasteiger partial charge is 0.267 e. The van der Waals surface area contributed by atoms with Gasteiger partial charge in [-0.05, 0) is 42.0 Å². The maximum absolute atomic E-state index is 12.0. The van der Waals surface area contributed by atoms with Crippen LogP contribution in [0.4, 0.5) is 5.13 Å². The third kappa shape index (κ3) is 5.90. The van der Waals surface area contributed by atoms with Crippen molar-refractivity contribution in [3.63, 3.8) is 0 Å². The summed E-state index contributed by atoms with van der Waals surface area (Å²) in [6.45, 7) is 0.575. The molecule has 2 aromatic heterocycles. The highest BCUT2D eigenvalue weighted by Gasteiger charge is 2.10. The van der Waals surface area contributed by atoms with Crippen LogP contribution < -0.4 is 15.4 Å². The van der Waals surface area contributed by atoms with Gasteiger partial charge in [0.1, 0.15) is 5.75 Å². The van der Waals surface area contributed by atoms with Crippen LogP contribution in [0.1, 0.15) is 27.3 Å². The van der Waals surface area contributed by atoms with Gasteiger partial charge >= 0.3 is 0 Å². The lowest BCUT2D eigenvalue weighted by Gasteiger charge is -2.06. The van der Waals surface area contributed by atoms with Crippen molar-refractivity contribution in [2.75, 3.05) is 19.0 Å². The standard InChI is InChI=1S/C20H21N3O3S2/c1-26-16-5-2-4-14(12-16)9-10-21-18(24)8-7-15-13-28-20(22-15)23-19(25)17-6-3-11-27-17/h2-6,11-13H,7-10H2,1H3,(H,21,24)(H,22,23,25). The zero-order valence-electron chi connectivity index (χ0n) is 15.4. The molecule has 1 aromatic carbocycles. The lowest BCUT2D eigenvalue weighted by atomic mass is 10.1. The molecule has 0 atom stereocenters. The van der Waals surface area contributed by atoms with Gasteiger partial charge in [-0.15, -0.1) is 22.7 Å². The number of aromatic nitrogens is 1. The molecule has 3 rings (SSSR count). The summed E-state index contributed by atoms with van der Waals surface area (Å²) >= 11 is 2.75. The molecule has 2 N–H and O–H groups in total. The Hall–Kier alpha value is -2.71. The number of hydrogen-bond acceptors (Lipinski definition) is 6. The molecule has 28 heavy (non-hydrogen) atoms. The first kappa shape index (κ1) is 20.0. The molecule has 0 saturated heterocycles. The Labute approximate surface area is 171 Å². The zero-order valence-corrected chi connectivity index (χ0v) is 17.1. The summed E-state index contributed by atoms with van der Waals surface area (Å²) < 4.78 is 5.20. The van der Waals surface area contributed by atoms with Crippen LogP contribution in [0.5, 0.6) is 5.75 Å². The largest absolute Gasteiger partial charge is 0.497 e. The number of rotatable bonds is 9. The number of aryl methyl sites for hydroxylation is 1. The van der Waals surface area contributed by atoms with Gasteiger partial charge in [0.2, 0.25) is 5.91 Å². The van der Waals surface area contributed by atoms with E-state index in [0.717, 1.165) is 23.4 Å². The molecule has 6 nitrogen and oxygen atoms in total. The molecular weight excluding hydrogens is 394 g/mol. The fourth-order valence-corrected chi connectivity index (χ4v) is 3.91. The number of thiophene rings is 1. The summed E-state index contributed by atoms with van der Waals surface area (Å²) in [5, 5.41) is 9.98. The topological polar surface area (TPSA) is 80.3 Å². The van der Waals surface area contributed by atoms with Crippen LogP contribution in [0, 0.1) is 0 Å². The van der Waals surface area contributed by atoms with Crippen molar-refractivity contribution in [1.82, 2.24) is 10.3 Å². The number of amides is 2. The summed E-state index contributed by atoms with van der Waals surface area (Å²) in [6.07, 6.45) is 1.65. The van der Waals surface area contributed by atoms with Crippen LogP contribution in [0.25, 0.3) is 0 Å². The van der Waals surface area contributed by atoms with Gasteiger partial charge in [0.15, 0.2) is 5.13 Å². The second-order valence-electron chi connectivity index (χ2n) is 6.03. The molecule has 0 aliphatic carbocycles. The van der Waals surface area contributed by atoms with Gasteiger partial charge in [0.25, 0.3) is 5.91 Å². The van der Waals surface area contributed by atoms with Gasteiger partial charge in [0, 0.05) is 18.3 Å². The van der Waals surface area contributed by atoms with Crippen molar-refractivity contribution >= 4 is 39.6 Å². The summed E-state index contributed by atoms with van der Waals surface area (Å²) in [6, 6.07) is 11.4. The lowest BCUT2D eigenvalue weighted by molar-refractivity contribution is -0.121. The van der Waals surface area contributed by atoms with Crippen LogP contribution in [0.2, 0.25) is 0 Å². The maximum atomic E-state index is 12.0. The molecule has 146 valence electrons. The number of carbonyl (C=O) groups excluding carboxylic acids is 2. The molecule has 0 bridgehead atoms. The molecular formula is C20H21N3O3S2. The molecule has 0 spiro atoms. The Kier molecular flexibility index (Phi) is 7.16. The minimum absolute atomic E-state index is 0.0138. The van der Waals surface area contributed by atoms with Gasteiger partial charge in [-0.2, -0.15) is 0 Å². The molecule has 8 heteroatoms. The van der Waals surface area contributed by atoms with Crippen LogP contribution in [-0.4, -0.2) is 30.5 Å². The highest BCUT2D eigenvalue weighted by molar-refractivity contribution is 7.14. The van der Waals surface area contributed by atoms with E-state index in [-0.39, 0.29) is 11.8 Å². The first-order valence-corrected chi connectivity index (χ1v) is 10.6. The fourth-order valence-electron chi connectivity index (χ4n) is 2.55. The number of ether oxygens (including phenoxy) is 1. The molecule has 2 heterocycles. The van der Waals surface area contributed by atoms with E-state index >= 15 is 0 Å². The van der Waals surface area contributed by atoms with Crippen molar-refractivity contribution in [2.45, 2.75) is 19.3 Å². The second-order valence-corrected chi connectivity index (χ2v) is 7.83. The van der Waals surface area contributed by atoms with E-state index in [4.69, 9.17) is 4.74 Å². The first-order chi connectivity index (χ1) is 13.6. The van der Waals surface area contributed by atoms with E-state index < -0.39 is 0 Å². The van der Waals surface area contributed by atoms with Crippen LogP contribution in [-0.2, 0) is 17.6 Å². The summed E-state index contributed by atoms with van der Waals surface area (Å²) in [5.41, 5.74) is 1.92. The van der Waals surface area contributed by atoms with Gasteiger partial charge in [-0.3, -0.25) is 14.9 Å². The summed E-state index contributed by atoms with van der Waals surface area (Å²) in [7, 11) is 1.64. The molecule has 0 aliphatic heterocycles. The Bertz CT molecular complexity index is 922. The van der Waals surface area contributed by atoms with E-state index in [1.807, 2.05) is 41.1 Å². The van der Waals surface area contributed by atoms with E-state index in [9.17, 15) is 9.59 Å². The van der Waals surface area contributed by atoms with Crippen molar-refractivity contribution in [3.05, 3.63) is 63.3 Å². The van der Waals surface area contributed by atoms with Crippen molar-refractivity contribution in [3.8, 4) is 5.75 Å². The maximum Gasteiger partial charge on any atom is 0.267 e. The Morgan fingerprint density at radius 2 is 2.04 bits per heavy atom. The van der Waals surface area contributed by atoms with E-state index in [1.165, 1.54) is 22.7 Å². The van der Waals surface area contributed by atoms with E-state index in [2.05, 4.69) is 15.6 Å². The number of nitrogens with zero attached hydrogens (tertiary/aromatic N) is 1. The highest BCUT2D eigenvalue weighted by Crippen LogP contribution is 2.19. The van der Waals surface area contributed by atoms with Gasteiger partial charge in [-0.1, -0.05) is 18.2 Å².